The summed E-state index contributed by atoms with van der Waals surface area (Å²) in [7, 11) is 0. The highest BCUT2D eigenvalue weighted by Crippen LogP contribution is 2.27. The maximum Gasteiger partial charge on any atom is 0.0713 e. The summed E-state index contributed by atoms with van der Waals surface area (Å²) >= 11 is 0. The average molecular weight is 206 g/mol. The minimum Gasteiger partial charge on any atom is -0.316 e. The Labute approximate surface area is 89.8 Å². The van der Waals surface area contributed by atoms with Crippen LogP contribution in [0.4, 0.5) is 0 Å². The molecule has 3 N–H and O–H groups in total. The third kappa shape index (κ3) is 1.68. The molecular formula is C11H18N4. The topological polar surface area (TPSA) is 52.7 Å². The van der Waals surface area contributed by atoms with Crippen LogP contribution in [0.3, 0.4) is 0 Å². The number of nitrogens with one attached hydrogen (secondary N) is 3. The Bertz CT molecular complexity index is 338. The van der Waals surface area contributed by atoms with Crippen LogP contribution in [0.2, 0.25) is 0 Å². The van der Waals surface area contributed by atoms with Crippen molar-refractivity contribution in [3.8, 4) is 0 Å². The van der Waals surface area contributed by atoms with Crippen molar-refractivity contribution in [1.29, 1.82) is 0 Å². The van der Waals surface area contributed by atoms with E-state index in [1.807, 2.05) is 0 Å². The van der Waals surface area contributed by atoms with Crippen LogP contribution < -0.4 is 10.6 Å². The van der Waals surface area contributed by atoms with Gasteiger partial charge < -0.3 is 10.6 Å². The summed E-state index contributed by atoms with van der Waals surface area (Å²) in [5, 5.41) is 14.6. The van der Waals surface area contributed by atoms with Crippen LogP contribution in [-0.4, -0.2) is 29.8 Å². The maximum atomic E-state index is 4.52. The minimum absolute atomic E-state index is 0.624. The highest BCUT2D eigenvalue weighted by Gasteiger charge is 2.24. The van der Waals surface area contributed by atoms with Crippen molar-refractivity contribution >= 4 is 0 Å². The summed E-state index contributed by atoms with van der Waals surface area (Å²) in [6.45, 7) is 4.34. The van der Waals surface area contributed by atoms with Crippen molar-refractivity contribution in [2.24, 2.45) is 0 Å². The van der Waals surface area contributed by atoms with Crippen molar-refractivity contribution in [2.45, 2.75) is 31.7 Å². The highest BCUT2D eigenvalue weighted by molar-refractivity contribution is 5.30. The molecule has 0 amide bonds. The standard InChI is InChI=1S/C11H18N4/c1-2-8(6-12-4-1)11-9-7-13-5-3-10(9)14-15-11/h8,12-13H,1-7H2,(H,14,15). The molecule has 0 saturated carbocycles. The molecule has 0 radical (unpaired) electrons. The van der Waals surface area contributed by atoms with Crippen molar-refractivity contribution in [3.05, 3.63) is 17.0 Å². The lowest BCUT2D eigenvalue weighted by Gasteiger charge is -2.23. The first-order valence-electron chi connectivity index (χ1n) is 5.92. The smallest absolute Gasteiger partial charge is 0.0713 e. The van der Waals surface area contributed by atoms with Crippen LogP contribution >= 0.6 is 0 Å². The fourth-order valence-electron chi connectivity index (χ4n) is 2.67. The Morgan fingerprint density at radius 1 is 1.20 bits per heavy atom. The summed E-state index contributed by atoms with van der Waals surface area (Å²) < 4.78 is 0. The zero-order valence-corrected chi connectivity index (χ0v) is 8.97. The summed E-state index contributed by atoms with van der Waals surface area (Å²) in [6.07, 6.45) is 3.66. The van der Waals surface area contributed by atoms with E-state index in [1.54, 1.807) is 0 Å². The molecule has 4 heteroatoms. The van der Waals surface area contributed by atoms with Crippen LogP contribution in [-0.2, 0) is 13.0 Å². The van der Waals surface area contributed by atoms with E-state index < -0.39 is 0 Å². The van der Waals surface area contributed by atoms with Gasteiger partial charge in [0.1, 0.15) is 0 Å². The molecule has 0 aromatic carbocycles. The van der Waals surface area contributed by atoms with Crippen molar-refractivity contribution < 1.29 is 0 Å². The van der Waals surface area contributed by atoms with E-state index in [0.29, 0.717) is 5.92 Å². The third-order valence-corrected chi connectivity index (χ3v) is 3.52. The first kappa shape index (κ1) is 9.36. The van der Waals surface area contributed by atoms with Gasteiger partial charge in [-0.1, -0.05) is 0 Å². The highest BCUT2D eigenvalue weighted by atomic mass is 15.1. The first-order chi connectivity index (χ1) is 7.45. The van der Waals surface area contributed by atoms with E-state index in [2.05, 4.69) is 20.8 Å². The van der Waals surface area contributed by atoms with Gasteiger partial charge in [-0.05, 0) is 19.4 Å². The Morgan fingerprint density at radius 2 is 2.20 bits per heavy atom. The molecule has 1 saturated heterocycles. The molecule has 1 fully saturated rings. The number of H-pyrrole nitrogens is 1. The summed E-state index contributed by atoms with van der Waals surface area (Å²) in [5.74, 6) is 0.624. The van der Waals surface area contributed by atoms with Crippen LogP contribution in [0.15, 0.2) is 0 Å². The van der Waals surface area contributed by atoms with Crippen LogP contribution in [0, 0.1) is 0 Å². The summed E-state index contributed by atoms with van der Waals surface area (Å²) in [6, 6.07) is 0. The van der Waals surface area contributed by atoms with Gasteiger partial charge in [-0.25, -0.2) is 0 Å². The second-order valence-corrected chi connectivity index (χ2v) is 4.54. The van der Waals surface area contributed by atoms with Gasteiger partial charge >= 0.3 is 0 Å². The fourth-order valence-corrected chi connectivity index (χ4v) is 2.67. The van der Waals surface area contributed by atoms with Crippen LogP contribution in [0.25, 0.3) is 0 Å². The Kier molecular flexibility index (Phi) is 2.46. The first-order valence-corrected chi connectivity index (χ1v) is 5.92. The number of fused-ring (bicyclic) bond motifs is 1. The largest absolute Gasteiger partial charge is 0.316 e. The molecule has 4 nitrogen and oxygen atoms in total. The number of aromatic amines is 1. The lowest BCUT2D eigenvalue weighted by molar-refractivity contribution is 0.451. The average Bonchev–Trinajstić information content (AvgIpc) is 2.74. The molecule has 1 atom stereocenters. The number of piperidine rings is 1. The van der Waals surface area contributed by atoms with Gasteiger partial charge in [0.05, 0.1) is 5.69 Å². The summed E-state index contributed by atoms with van der Waals surface area (Å²) in [5.41, 5.74) is 4.11. The van der Waals surface area contributed by atoms with E-state index >= 15 is 0 Å². The zero-order valence-electron chi connectivity index (χ0n) is 8.97. The molecule has 15 heavy (non-hydrogen) atoms. The Hall–Kier alpha value is -0.870. The molecule has 0 aliphatic carbocycles. The van der Waals surface area contributed by atoms with Gasteiger partial charge in [0.25, 0.3) is 0 Å². The molecule has 0 spiro atoms. The SMILES string of the molecule is C1CNCC(c2n[nH]c3c2CNCC3)C1. The second-order valence-electron chi connectivity index (χ2n) is 4.54. The lowest BCUT2D eigenvalue weighted by Crippen LogP contribution is -2.30. The number of nitrogens with zero attached hydrogens (tertiary/aromatic N) is 1. The third-order valence-electron chi connectivity index (χ3n) is 3.52. The van der Waals surface area contributed by atoms with Gasteiger partial charge in [0.15, 0.2) is 0 Å². The number of rotatable bonds is 1. The molecule has 3 heterocycles. The van der Waals surface area contributed by atoms with Crippen molar-refractivity contribution in [1.82, 2.24) is 20.8 Å². The molecule has 3 rings (SSSR count). The van der Waals surface area contributed by atoms with E-state index in [9.17, 15) is 0 Å². The quantitative estimate of drug-likeness (QED) is 0.628. The fraction of sp³-hybridized carbons (Fsp3) is 0.727. The molecule has 2 aliphatic heterocycles. The van der Waals surface area contributed by atoms with Gasteiger partial charge in [-0.15, -0.1) is 0 Å². The molecule has 1 unspecified atom stereocenters. The van der Waals surface area contributed by atoms with Crippen LogP contribution in [0.5, 0.6) is 0 Å². The normalized spacial score (nSPS) is 26.3. The molecule has 0 bridgehead atoms. The molecule has 82 valence electrons. The van der Waals surface area contributed by atoms with Crippen molar-refractivity contribution in [2.75, 3.05) is 19.6 Å². The monoisotopic (exact) mass is 206 g/mol. The van der Waals surface area contributed by atoms with Gasteiger partial charge in [-0.2, -0.15) is 5.10 Å². The molecule has 2 aliphatic rings. The van der Waals surface area contributed by atoms with Crippen molar-refractivity contribution in [3.63, 3.8) is 0 Å². The predicted octanol–water partition coefficient (Wildman–Crippen LogP) is 0.522. The zero-order chi connectivity index (χ0) is 10.1. The van der Waals surface area contributed by atoms with Gasteiger partial charge in [0, 0.05) is 43.2 Å². The Balaban J connectivity index is 1.87. The van der Waals surface area contributed by atoms with E-state index in [1.165, 1.54) is 36.3 Å². The molecule has 1 aromatic heterocycles. The van der Waals surface area contributed by atoms with E-state index in [-0.39, 0.29) is 0 Å². The van der Waals surface area contributed by atoms with Gasteiger partial charge in [0.2, 0.25) is 0 Å². The second kappa shape index (κ2) is 3.94. The summed E-state index contributed by atoms with van der Waals surface area (Å²) in [4.78, 5) is 0. The van der Waals surface area contributed by atoms with Gasteiger partial charge in [-0.3, -0.25) is 5.10 Å². The predicted molar refractivity (Wildman–Crippen MR) is 58.8 cm³/mol. The minimum atomic E-state index is 0.624. The maximum absolute atomic E-state index is 4.52. The number of hydrogen-bond donors (Lipinski definition) is 3. The van der Waals surface area contributed by atoms with E-state index in [4.69, 9.17) is 0 Å². The number of aromatic nitrogens is 2. The molecular weight excluding hydrogens is 188 g/mol. The van der Waals surface area contributed by atoms with E-state index in [0.717, 1.165) is 26.1 Å². The van der Waals surface area contributed by atoms with Crippen LogP contribution in [0.1, 0.15) is 35.7 Å². The lowest BCUT2D eigenvalue weighted by atomic mass is 9.92. The Morgan fingerprint density at radius 3 is 3.07 bits per heavy atom. The number of hydrogen-bond acceptors (Lipinski definition) is 3. The molecule has 1 aromatic rings.